The number of hydrogen-bond donors (Lipinski definition) is 1. The molecule has 1 aromatic rings. The summed E-state index contributed by atoms with van der Waals surface area (Å²) in [6.45, 7) is 10.3. The largest absolute Gasteiger partial charge is 0.411 e. The summed E-state index contributed by atoms with van der Waals surface area (Å²) in [5.74, 6) is 1.04. The number of ketones is 1. The van der Waals surface area contributed by atoms with E-state index in [1.807, 2.05) is 19.9 Å². The summed E-state index contributed by atoms with van der Waals surface area (Å²) in [6.07, 6.45) is 0. The Kier molecular flexibility index (Phi) is 10.4. The molecule has 0 saturated carbocycles. The molecule has 1 heterocycles. The Bertz CT molecular complexity index is 305. The summed E-state index contributed by atoms with van der Waals surface area (Å²) in [6, 6.07) is 1.89. The second-order valence-electron chi connectivity index (χ2n) is 3.53. The molecular weight excluding hydrogens is 208 g/mol. The molecule has 0 aliphatic carbocycles. The molecule has 16 heavy (non-hydrogen) atoms. The van der Waals surface area contributed by atoms with Gasteiger partial charge in [0.25, 0.3) is 0 Å². The zero-order valence-electron chi connectivity index (χ0n) is 10.7. The molecule has 92 valence electrons. The van der Waals surface area contributed by atoms with Crippen molar-refractivity contribution in [2.75, 3.05) is 0 Å². The Labute approximate surface area is 96.1 Å². The van der Waals surface area contributed by atoms with Crippen LogP contribution >= 0.6 is 0 Å². The highest BCUT2D eigenvalue weighted by Crippen LogP contribution is 1.96. The number of aryl methyl sites for hydroxylation is 2. The Morgan fingerprint density at radius 2 is 1.69 bits per heavy atom. The first-order valence-electron chi connectivity index (χ1n) is 4.82. The number of nitrogens with zero attached hydrogens (tertiary/aromatic N) is 2. The van der Waals surface area contributed by atoms with Gasteiger partial charge in [-0.25, -0.2) is 0 Å². The van der Waals surface area contributed by atoms with Crippen molar-refractivity contribution in [1.82, 2.24) is 5.16 Å². The summed E-state index contributed by atoms with van der Waals surface area (Å²) in [4.78, 5) is 9.44. The Hall–Kier alpha value is -1.65. The third-order valence-corrected chi connectivity index (χ3v) is 0.946. The predicted octanol–water partition coefficient (Wildman–Crippen LogP) is 2.74. The molecule has 0 bridgehead atoms. The average Bonchev–Trinajstić information content (AvgIpc) is 2.50. The maximum absolute atomic E-state index is 9.44. The molecule has 5 heteroatoms. The van der Waals surface area contributed by atoms with E-state index in [1.165, 1.54) is 13.8 Å². The van der Waals surface area contributed by atoms with Crippen molar-refractivity contribution in [2.45, 2.75) is 41.5 Å². The van der Waals surface area contributed by atoms with E-state index in [0.717, 1.165) is 11.5 Å². The molecule has 0 aliphatic heterocycles. The number of carbonyl (C=O) groups excluding carboxylic acids is 1. The van der Waals surface area contributed by atoms with Gasteiger partial charge >= 0.3 is 0 Å². The van der Waals surface area contributed by atoms with Crippen LogP contribution in [0.2, 0.25) is 0 Å². The summed E-state index contributed by atoms with van der Waals surface area (Å²) in [7, 11) is 0. The monoisotopic (exact) mass is 228 g/mol. The number of Topliss-reactive ketones (excluding diaryl/α,β-unsaturated/α-hetero) is 1. The van der Waals surface area contributed by atoms with E-state index in [-0.39, 0.29) is 5.78 Å². The Balaban J connectivity index is 0. The van der Waals surface area contributed by atoms with Crippen LogP contribution in [0.4, 0.5) is 0 Å². The van der Waals surface area contributed by atoms with Crippen LogP contribution < -0.4 is 0 Å². The Morgan fingerprint density at radius 3 is 1.75 bits per heavy atom. The van der Waals surface area contributed by atoms with Crippen molar-refractivity contribution in [3.05, 3.63) is 17.5 Å². The highest BCUT2D eigenvalue weighted by Gasteiger charge is 1.88. The minimum atomic E-state index is 0.167. The van der Waals surface area contributed by atoms with Gasteiger partial charge in [0.2, 0.25) is 0 Å². The lowest BCUT2D eigenvalue weighted by Gasteiger charge is -1.72. The fraction of sp³-hybridized carbons (Fsp3) is 0.545. The minimum Gasteiger partial charge on any atom is -0.411 e. The molecule has 0 aliphatic rings. The van der Waals surface area contributed by atoms with Crippen LogP contribution in [0.5, 0.6) is 0 Å². The van der Waals surface area contributed by atoms with Gasteiger partial charge in [-0.05, 0) is 41.5 Å². The first-order chi connectivity index (χ1) is 7.29. The molecule has 1 aromatic heterocycles. The fourth-order valence-corrected chi connectivity index (χ4v) is 0.491. The lowest BCUT2D eigenvalue weighted by molar-refractivity contribution is -0.114. The van der Waals surface area contributed by atoms with E-state index in [1.54, 1.807) is 13.8 Å². The standard InChI is InChI=1S/C5H7NO.C3H7NO.C3H6O/c1-4-3-5(2)7-6-4;1-3(2)4-5;1-3(2)4/h3H,1-2H3;5H,1-2H3;1-2H3. The molecule has 0 amide bonds. The number of aromatic nitrogens is 1. The van der Waals surface area contributed by atoms with Crippen molar-refractivity contribution in [3.8, 4) is 0 Å². The van der Waals surface area contributed by atoms with Crippen LogP contribution in [0.3, 0.4) is 0 Å². The van der Waals surface area contributed by atoms with E-state index in [2.05, 4.69) is 10.3 Å². The molecular formula is C11H20N2O3. The molecule has 0 aromatic carbocycles. The third kappa shape index (κ3) is 18.2. The predicted molar refractivity (Wildman–Crippen MR) is 62.9 cm³/mol. The minimum absolute atomic E-state index is 0.167. The smallest absolute Gasteiger partial charge is 0.133 e. The van der Waals surface area contributed by atoms with Gasteiger partial charge < -0.3 is 14.5 Å². The lowest BCUT2D eigenvalue weighted by atomic mass is 10.4. The van der Waals surface area contributed by atoms with E-state index < -0.39 is 0 Å². The average molecular weight is 228 g/mol. The van der Waals surface area contributed by atoms with E-state index >= 15 is 0 Å². The van der Waals surface area contributed by atoms with Crippen LogP contribution in [0, 0.1) is 13.8 Å². The number of carbonyl (C=O) groups is 1. The van der Waals surface area contributed by atoms with Gasteiger partial charge in [0, 0.05) is 6.07 Å². The second kappa shape index (κ2) is 9.89. The van der Waals surface area contributed by atoms with E-state index in [9.17, 15) is 4.79 Å². The molecule has 1 N–H and O–H groups in total. The number of rotatable bonds is 0. The second-order valence-corrected chi connectivity index (χ2v) is 3.53. The van der Waals surface area contributed by atoms with Gasteiger partial charge in [-0.2, -0.15) is 0 Å². The highest BCUT2D eigenvalue weighted by molar-refractivity contribution is 5.78. The van der Waals surface area contributed by atoms with Gasteiger partial charge in [0.1, 0.15) is 11.5 Å². The number of hydrogen-bond acceptors (Lipinski definition) is 5. The fourth-order valence-electron chi connectivity index (χ4n) is 0.491. The molecule has 0 fully saturated rings. The molecule has 0 saturated heterocycles. The summed E-state index contributed by atoms with van der Waals surface area (Å²) < 4.78 is 4.71. The summed E-state index contributed by atoms with van der Waals surface area (Å²) >= 11 is 0. The summed E-state index contributed by atoms with van der Waals surface area (Å²) in [5, 5.41) is 14.2. The third-order valence-electron chi connectivity index (χ3n) is 0.946. The van der Waals surface area contributed by atoms with Crippen LogP contribution in [-0.2, 0) is 4.79 Å². The molecule has 1 rings (SSSR count). The maximum atomic E-state index is 9.44. The molecule has 0 unspecified atom stereocenters. The van der Waals surface area contributed by atoms with Gasteiger partial charge in [-0.1, -0.05) is 10.3 Å². The zero-order valence-corrected chi connectivity index (χ0v) is 10.7. The van der Waals surface area contributed by atoms with Gasteiger partial charge in [0.05, 0.1) is 11.4 Å². The van der Waals surface area contributed by atoms with Crippen molar-refractivity contribution in [2.24, 2.45) is 5.16 Å². The van der Waals surface area contributed by atoms with Crippen LogP contribution in [0.1, 0.15) is 39.1 Å². The molecule has 0 atom stereocenters. The van der Waals surface area contributed by atoms with Crippen molar-refractivity contribution >= 4 is 11.5 Å². The quantitative estimate of drug-likeness (QED) is 0.421. The van der Waals surface area contributed by atoms with E-state index in [4.69, 9.17) is 9.73 Å². The van der Waals surface area contributed by atoms with Crippen LogP contribution in [-0.4, -0.2) is 21.9 Å². The van der Waals surface area contributed by atoms with Gasteiger partial charge in [-0.15, -0.1) is 0 Å². The zero-order chi connectivity index (χ0) is 13.1. The molecule has 0 spiro atoms. The molecule has 5 nitrogen and oxygen atoms in total. The maximum Gasteiger partial charge on any atom is 0.133 e. The summed E-state index contributed by atoms with van der Waals surface area (Å²) in [5.41, 5.74) is 1.63. The van der Waals surface area contributed by atoms with E-state index in [0.29, 0.717) is 5.71 Å². The topological polar surface area (TPSA) is 75.7 Å². The normalized spacial score (nSPS) is 7.88. The first kappa shape index (κ1) is 16.8. The lowest BCUT2D eigenvalue weighted by Crippen LogP contribution is -1.74. The number of oxime groups is 1. The highest BCUT2D eigenvalue weighted by atomic mass is 16.5. The van der Waals surface area contributed by atoms with Gasteiger partial charge in [-0.3, -0.25) is 0 Å². The van der Waals surface area contributed by atoms with Crippen molar-refractivity contribution in [1.29, 1.82) is 0 Å². The van der Waals surface area contributed by atoms with Crippen LogP contribution in [0.25, 0.3) is 0 Å². The Morgan fingerprint density at radius 1 is 1.31 bits per heavy atom. The molecule has 0 radical (unpaired) electrons. The van der Waals surface area contributed by atoms with Crippen LogP contribution in [0.15, 0.2) is 15.7 Å². The SMILES string of the molecule is CC(C)=NO.CC(C)=O.Cc1cc(C)on1. The van der Waals surface area contributed by atoms with Crippen molar-refractivity contribution < 1.29 is 14.5 Å². The van der Waals surface area contributed by atoms with Gasteiger partial charge in [0.15, 0.2) is 0 Å². The van der Waals surface area contributed by atoms with Crippen molar-refractivity contribution in [3.63, 3.8) is 0 Å². The first-order valence-corrected chi connectivity index (χ1v) is 4.82.